The molecule has 2 rings (SSSR count). The first-order chi connectivity index (χ1) is 11.1. The fourth-order valence-electron chi connectivity index (χ4n) is 1.96. The molecule has 5 heteroatoms. The molecule has 0 radical (unpaired) electrons. The highest BCUT2D eigenvalue weighted by atomic mass is 32.2. The van der Waals surface area contributed by atoms with Crippen molar-refractivity contribution in [2.75, 3.05) is 12.4 Å². The highest BCUT2D eigenvalue weighted by Crippen LogP contribution is 2.19. The molecule has 0 aromatic heterocycles. The van der Waals surface area contributed by atoms with Crippen molar-refractivity contribution >= 4 is 29.3 Å². The predicted octanol–water partition coefficient (Wildman–Crippen LogP) is 3.73. The molecule has 0 saturated heterocycles. The molecule has 120 valence electrons. The van der Waals surface area contributed by atoms with Crippen molar-refractivity contribution in [3.8, 4) is 0 Å². The van der Waals surface area contributed by atoms with Crippen molar-refractivity contribution < 1.29 is 14.3 Å². The molecule has 0 aliphatic carbocycles. The SMILES string of the molecule is COC(=O)c1cccc(NC(=O)C(C)SCc2ccccc2)c1. The molecule has 0 aliphatic rings. The smallest absolute Gasteiger partial charge is 0.337 e. The fourth-order valence-corrected chi connectivity index (χ4v) is 2.80. The minimum absolute atomic E-state index is 0.0899. The van der Waals surface area contributed by atoms with Gasteiger partial charge in [0.05, 0.1) is 17.9 Å². The van der Waals surface area contributed by atoms with Crippen molar-refractivity contribution in [2.24, 2.45) is 0 Å². The minimum Gasteiger partial charge on any atom is -0.465 e. The van der Waals surface area contributed by atoms with Gasteiger partial charge >= 0.3 is 5.97 Å². The number of rotatable bonds is 6. The molecule has 0 spiro atoms. The number of hydrogen-bond acceptors (Lipinski definition) is 4. The standard InChI is InChI=1S/C18H19NO3S/c1-13(23-12-14-7-4-3-5-8-14)17(20)19-16-10-6-9-15(11-16)18(21)22-2/h3-11,13H,12H2,1-2H3,(H,19,20). The Morgan fingerprint density at radius 2 is 1.87 bits per heavy atom. The van der Waals surface area contributed by atoms with E-state index in [-0.39, 0.29) is 11.2 Å². The molecule has 23 heavy (non-hydrogen) atoms. The van der Waals surface area contributed by atoms with E-state index < -0.39 is 5.97 Å². The van der Waals surface area contributed by atoms with Gasteiger partial charge in [-0.15, -0.1) is 11.8 Å². The zero-order chi connectivity index (χ0) is 16.7. The van der Waals surface area contributed by atoms with E-state index in [4.69, 9.17) is 0 Å². The van der Waals surface area contributed by atoms with Crippen molar-refractivity contribution in [1.29, 1.82) is 0 Å². The minimum atomic E-state index is -0.424. The largest absolute Gasteiger partial charge is 0.465 e. The lowest BCUT2D eigenvalue weighted by atomic mass is 10.2. The summed E-state index contributed by atoms with van der Waals surface area (Å²) < 4.78 is 4.68. The summed E-state index contributed by atoms with van der Waals surface area (Å²) in [5.41, 5.74) is 2.18. The van der Waals surface area contributed by atoms with Crippen LogP contribution in [0.3, 0.4) is 0 Å². The van der Waals surface area contributed by atoms with Gasteiger partial charge in [0.2, 0.25) is 5.91 Å². The molecule has 2 aromatic carbocycles. The molecular formula is C18H19NO3S. The third kappa shape index (κ3) is 5.14. The van der Waals surface area contributed by atoms with Crippen molar-refractivity contribution in [2.45, 2.75) is 17.9 Å². The molecule has 1 atom stereocenters. The Kier molecular flexibility index (Phi) is 6.23. The lowest BCUT2D eigenvalue weighted by Gasteiger charge is -2.12. The monoisotopic (exact) mass is 329 g/mol. The normalized spacial score (nSPS) is 11.6. The van der Waals surface area contributed by atoms with Gasteiger partial charge in [0.1, 0.15) is 0 Å². The average molecular weight is 329 g/mol. The first-order valence-electron chi connectivity index (χ1n) is 7.25. The topological polar surface area (TPSA) is 55.4 Å². The zero-order valence-electron chi connectivity index (χ0n) is 13.1. The van der Waals surface area contributed by atoms with E-state index >= 15 is 0 Å². The fraction of sp³-hybridized carbons (Fsp3) is 0.222. The maximum absolute atomic E-state index is 12.2. The summed E-state index contributed by atoms with van der Waals surface area (Å²) in [6.45, 7) is 1.87. The van der Waals surface area contributed by atoms with E-state index in [1.165, 1.54) is 12.7 Å². The summed E-state index contributed by atoms with van der Waals surface area (Å²) in [7, 11) is 1.33. The molecule has 1 N–H and O–H groups in total. The van der Waals surface area contributed by atoms with Gasteiger partial charge in [0.25, 0.3) is 0 Å². The van der Waals surface area contributed by atoms with Gasteiger partial charge in [-0.25, -0.2) is 4.79 Å². The van der Waals surface area contributed by atoms with Gasteiger partial charge in [0, 0.05) is 11.4 Å². The van der Waals surface area contributed by atoms with E-state index in [0.29, 0.717) is 11.3 Å². The maximum atomic E-state index is 12.2. The van der Waals surface area contributed by atoms with E-state index in [9.17, 15) is 9.59 Å². The van der Waals surface area contributed by atoms with Gasteiger partial charge in [0.15, 0.2) is 0 Å². The molecule has 2 aromatic rings. The van der Waals surface area contributed by atoms with Crippen LogP contribution in [0.4, 0.5) is 5.69 Å². The maximum Gasteiger partial charge on any atom is 0.337 e. The summed E-state index contributed by atoms with van der Waals surface area (Å²) in [6.07, 6.45) is 0. The lowest BCUT2D eigenvalue weighted by molar-refractivity contribution is -0.115. The molecule has 0 bridgehead atoms. The Balaban J connectivity index is 1.92. The lowest BCUT2D eigenvalue weighted by Crippen LogP contribution is -2.22. The van der Waals surface area contributed by atoms with E-state index in [1.807, 2.05) is 37.3 Å². The van der Waals surface area contributed by atoms with Crippen LogP contribution in [0.5, 0.6) is 0 Å². The molecule has 1 amide bonds. The van der Waals surface area contributed by atoms with Crippen LogP contribution in [0.15, 0.2) is 54.6 Å². The first-order valence-corrected chi connectivity index (χ1v) is 8.30. The molecule has 0 aliphatic heterocycles. The highest BCUT2D eigenvalue weighted by Gasteiger charge is 2.14. The van der Waals surface area contributed by atoms with Gasteiger partial charge in [-0.2, -0.15) is 0 Å². The van der Waals surface area contributed by atoms with Crippen LogP contribution in [-0.4, -0.2) is 24.2 Å². The number of nitrogens with one attached hydrogen (secondary N) is 1. The summed E-state index contributed by atoms with van der Waals surface area (Å²) in [5, 5.41) is 2.63. The van der Waals surface area contributed by atoms with Crippen LogP contribution >= 0.6 is 11.8 Å². The number of esters is 1. The number of amides is 1. The highest BCUT2D eigenvalue weighted by molar-refractivity contribution is 7.99. The van der Waals surface area contributed by atoms with E-state index in [0.717, 1.165) is 5.75 Å². The first kappa shape index (κ1) is 17.1. The van der Waals surface area contributed by atoms with Crippen molar-refractivity contribution in [3.63, 3.8) is 0 Å². The number of hydrogen-bond donors (Lipinski definition) is 1. The van der Waals surface area contributed by atoms with Crippen molar-refractivity contribution in [3.05, 3.63) is 65.7 Å². The number of carbonyl (C=O) groups excluding carboxylic acids is 2. The van der Waals surface area contributed by atoms with Crippen LogP contribution in [0.25, 0.3) is 0 Å². The molecule has 0 saturated carbocycles. The van der Waals surface area contributed by atoms with Gasteiger partial charge in [-0.3, -0.25) is 4.79 Å². The summed E-state index contributed by atoms with van der Waals surface area (Å²) in [6, 6.07) is 16.7. The van der Waals surface area contributed by atoms with Crippen molar-refractivity contribution in [1.82, 2.24) is 0 Å². The van der Waals surface area contributed by atoms with E-state index in [2.05, 4.69) is 10.1 Å². The number of thioether (sulfide) groups is 1. The van der Waals surface area contributed by atoms with Crippen LogP contribution in [0.1, 0.15) is 22.8 Å². The van der Waals surface area contributed by atoms with Gasteiger partial charge in [-0.05, 0) is 30.7 Å². The van der Waals surface area contributed by atoms with Gasteiger partial charge < -0.3 is 10.1 Å². The number of methoxy groups -OCH3 is 1. The molecule has 0 fully saturated rings. The third-order valence-electron chi connectivity index (χ3n) is 3.26. The summed E-state index contributed by atoms with van der Waals surface area (Å²) in [4.78, 5) is 23.7. The quantitative estimate of drug-likeness (QED) is 0.820. The Bertz CT molecular complexity index is 673. The molecular weight excluding hydrogens is 310 g/mol. The van der Waals surface area contributed by atoms with Crippen LogP contribution in [0, 0.1) is 0 Å². The Morgan fingerprint density at radius 3 is 2.57 bits per heavy atom. The second kappa shape index (κ2) is 8.39. The Hall–Kier alpha value is -2.27. The number of carbonyl (C=O) groups is 2. The summed E-state index contributed by atoms with van der Waals surface area (Å²) >= 11 is 1.57. The van der Waals surface area contributed by atoms with E-state index in [1.54, 1.807) is 36.0 Å². The molecule has 1 unspecified atom stereocenters. The van der Waals surface area contributed by atoms with Crippen LogP contribution < -0.4 is 5.32 Å². The number of ether oxygens (including phenoxy) is 1. The second-order valence-corrected chi connectivity index (χ2v) is 6.33. The second-order valence-electron chi connectivity index (χ2n) is 5.00. The number of benzene rings is 2. The molecule has 4 nitrogen and oxygen atoms in total. The van der Waals surface area contributed by atoms with Gasteiger partial charge in [-0.1, -0.05) is 36.4 Å². The zero-order valence-corrected chi connectivity index (χ0v) is 13.9. The van der Waals surface area contributed by atoms with Crippen LogP contribution in [-0.2, 0) is 15.3 Å². The Morgan fingerprint density at radius 1 is 1.13 bits per heavy atom. The average Bonchev–Trinajstić information content (AvgIpc) is 2.60. The summed E-state index contributed by atoms with van der Waals surface area (Å²) in [5.74, 6) is 0.262. The van der Waals surface area contributed by atoms with Crippen LogP contribution in [0.2, 0.25) is 0 Å². The Labute approximate surface area is 140 Å². The molecule has 0 heterocycles. The third-order valence-corrected chi connectivity index (χ3v) is 4.48. The number of anilines is 1. The predicted molar refractivity (Wildman–Crippen MR) is 93.6 cm³/mol.